The highest BCUT2D eigenvalue weighted by Crippen LogP contribution is 2.23. The van der Waals surface area contributed by atoms with E-state index < -0.39 is 5.63 Å². The largest absolute Gasteiger partial charge is 0.508 e. The number of nitrogens with zero attached hydrogens (tertiary/aromatic N) is 2. The molecule has 4 aromatic rings. The van der Waals surface area contributed by atoms with E-state index >= 15 is 0 Å². The van der Waals surface area contributed by atoms with Crippen LogP contribution in [0.4, 0.5) is 0 Å². The number of aromatic nitrogens is 2. The molecule has 0 atom stereocenters. The molecule has 0 aliphatic rings. The van der Waals surface area contributed by atoms with Crippen LogP contribution in [0.1, 0.15) is 17.0 Å². The molecule has 8 nitrogen and oxygen atoms in total. The van der Waals surface area contributed by atoms with Crippen LogP contribution in [-0.4, -0.2) is 27.7 Å². The van der Waals surface area contributed by atoms with Crippen LogP contribution >= 0.6 is 0 Å². The fourth-order valence-corrected chi connectivity index (χ4v) is 3.18. The molecule has 1 amide bonds. The lowest BCUT2D eigenvalue weighted by Gasteiger charge is -2.08. The lowest BCUT2D eigenvalue weighted by molar-refractivity contribution is -0.120. The number of rotatable bonds is 6. The van der Waals surface area contributed by atoms with E-state index in [1.54, 1.807) is 13.0 Å². The van der Waals surface area contributed by atoms with E-state index in [4.69, 9.17) is 8.94 Å². The van der Waals surface area contributed by atoms with Gasteiger partial charge < -0.3 is 19.4 Å². The summed E-state index contributed by atoms with van der Waals surface area (Å²) < 4.78 is 10.5. The standard InChI is InChI=1S/C22H19N3O5/c1-13-16-8-7-15(26)11-18(16)29-22(28)17(13)12-19(27)23-10-9-20-24-21(25-30-20)14-5-3-2-4-6-14/h2-8,11,26H,9-10,12H2,1H3,(H,23,27). The lowest BCUT2D eigenvalue weighted by atomic mass is 10.0. The van der Waals surface area contributed by atoms with Crippen LogP contribution in [0.2, 0.25) is 0 Å². The maximum atomic E-state index is 12.3. The van der Waals surface area contributed by atoms with Gasteiger partial charge in [-0.05, 0) is 24.6 Å². The van der Waals surface area contributed by atoms with Gasteiger partial charge in [0.2, 0.25) is 17.6 Å². The molecule has 152 valence electrons. The number of aryl methyl sites for hydroxylation is 1. The van der Waals surface area contributed by atoms with E-state index in [1.165, 1.54) is 12.1 Å². The SMILES string of the molecule is Cc1c(CC(=O)NCCc2nc(-c3ccccc3)no2)c(=O)oc2cc(O)ccc12. The quantitative estimate of drug-likeness (QED) is 0.474. The molecule has 0 radical (unpaired) electrons. The molecule has 0 aliphatic heterocycles. The third-order valence-electron chi connectivity index (χ3n) is 4.77. The first-order valence-electron chi connectivity index (χ1n) is 9.41. The van der Waals surface area contributed by atoms with Crippen molar-refractivity contribution < 1.29 is 18.8 Å². The Labute approximate surface area is 171 Å². The van der Waals surface area contributed by atoms with E-state index in [0.717, 1.165) is 5.56 Å². The van der Waals surface area contributed by atoms with Gasteiger partial charge >= 0.3 is 5.63 Å². The predicted molar refractivity (Wildman–Crippen MR) is 109 cm³/mol. The first-order chi connectivity index (χ1) is 14.5. The monoisotopic (exact) mass is 405 g/mol. The normalized spacial score (nSPS) is 11.0. The van der Waals surface area contributed by atoms with Crippen molar-refractivity contribution >= 4 is 16.9 Å². The van der Waals surface area contributed by atoms with Crippen LogP contribution in [0.5, 0.6) is 5.75 Å². The van der Waals surface area contributed by atoms with Gasteiger partial charge in [-0.2, -0.15) is 4.98 Å². The molecule has 8 heteroatoms. The van der Waals surface area contributed by atoms with Crippen LogP contribution in [0, 0.1) is 6.92 Å². The summed E-state index contributed by atoms with van der Waals surface area (Å²) in [6.45, 7) is 2.05. The van der Waals surface area contributed by atoms with Gasteiger partial charge in [-0.1, -0.05) is 35.5 Å². The summed E-state index contributed by atoms with van der Waals surface area (Å²) in [5.74, 6) is 0.598. The molecule has 30 heavy (non-hydrogen) atoms. The van der Waals surface area contributed by atoms with Crippen molar-refractivity contribution in [3.8, 4) is 17.1 Å². The highest BCUT2D eigenvalue weighted by Gasteiger charge is 2.15. The Hall–Kier alpha value is -3.94. The van der Waals surface area contributed by atoms with Gasteiger partial charge in [-0.15, -0.1) is 0 Å². The number of benzene rings is 2. The zero-order valence-corrected chi connectivity index (χ0v) is 16.2. The number of hydrogen-bond donors (Lipinski definition) is 2. The molecule has 4 rings (SSSR count). The number of phenols is 1. The molecule has 0 bridgehead atoms. The second kappa shape index (κ2) is 8.20. The van der Waals surface area contributed by atoms with E-state index in [2.05, 4.69) is 15.5 Å². The lowest BCUT2D eigenvalue weighted by Crippen LogP contribution is -2.29. The molecule has 0 unspecified atom stereocenters. The zero-order valence-electron chi connectivity index (χ0n) is 16.2. The molecule has 2 aromatic carbocycles. The van der Waals surface area contributed by atoms with Gasteiger partial charge in [0, 0.05) is 30.0 Å². The maximum absolute atomic E-state index is 12.3. The Morgan fingerprint density at radius 2 is 1.97 bits per heavy atom. The Morgan fingerprint density at radius 1 is 1.17 bits per heavy atom. The molecule has 0 saturated carbocycles. The van der Waals surface area contributed by atoms with Gasteiger partial charge in [0.15, 0.2) is 0 Å². The third-order valence-corrected chi connectivity index (χ3v) is 4.77. The average molecular weight is 405 g/mol. The van der Waals surface area contributed by atoms with Crippen molar-refractivity contribution in [3.05, 3.63) is 76.0 Å². The molecule has 2 N–H and O–H groups in total. The van der Waals surface area contributed by atoms with Crippen LogP contribution in [0.15, 0.2) is 62.3 Å². The Kier molecular flexibility index (Phi) is 5.30. The van der Waals surface area contributed by atoms with Crippen molar-refractivity contribution in [2.75, 3.05) is 6.54 Å². The van der Waals surface area contributed by atoms with Crippen LogP contribution in [-0.2, 0) is 17.6 Å². The Morgan fingerprint density at radius 3 is 2.77 bits per heavy atom. The highest BCUT2D eigenvalue weighted by atomic mass is 16.5. The highest BCUT2D eigenvalue weighted by molar-refractivity contribution is 5.85. The number of nitrogens with one attached hydrogen (secondary N) is 1. The van der Waals surface area contributed by atoms with Gasteiger partial charge in [0.1, 0.15) is 11.3 Å². The Bertz CT molecular complexity index is 1260. The first-order valence-corrected chi connectivity index (χ1v) is 9.41. The fourth-order valence-electron chi connectivity index (χ4n) is 3.18. The summed E-state index contributed by atoms with van der Waals surface area (Å²) in [6.07, 6.45) is 0.264. The number of hydrogen-bond acceptors (Lipinski definition) is 7. The number of phenolic OH excluding ortho intramolecular Hbond substituents is 1. The van der Waals surface area contributed by atoms with Crippen LogP contribution < -0.4 is 10.9 Å². The first kappa shape index (κ1) is 19.4. The minimum atomic E-state index is -0.592. The maximum Gasteiger partial charge on any atom is 0.340 e. The minimum absolute atomic E-state index is 0.00647. The second-order valence-corrected chi connectivity index (χ2v) is 6.83. The number of carbonyl (C=O) groups is 1. The molecular weight excluding hydrogens is 386 g/mol. The summed E-state index contributed by atoms with van der Waals surface area (Å²) in [5.41, 5.74) is 1.48. The van der Waals surface area contributed by atoms with Crippen molar-refractivity contribution in [1.82, 2.24) is 15.5 Å². The van der Waals surface area contributed by atoms with Crippen LogP contribution in [0.25, 0.3) is 22.4 Å². The van der Waals surface area contributed by atoms with Crippen molar-refractivity contribution in [1.29, 1.82) is 0 Å². The van der Waals surface area contributed by atoms with Gasteiger partial charge in [0.05, 0.1) is 12.0 Å². The van der Waals surface area contributed by atoms with E-state index in [0.29, 0.717) is 35.6 Å². The van der Waals surface area contributed by atoms with E-state index in [-0.39, 0.29) is 29.2 Å². The molecular formula is C22H19N3O5. The molecule has 0 aliphatic carbocycles. The number of carbonyl (C=O) groups excluding carboxylic acids is 1. The predicted octanol–water partition coefficient (Wildman–Crippen LogP) is 2.76. The van der Waals surface area contributed by atoms with Crippen molar-refractivity contribution in [3.63, 3.8) is 0 Å². The van der Waals surface area contributed by atoms with Crippen molar-refractivity contribution in [2.24, 2.45) is 0 Å². The van der Waals surface area contributed by atoms with Crippen LogP contribution in [0.3, 0.4) is 0 Å². The second-order valence-electron chi connectivity index (χ2n) is 6.83. The van der Waals surface area contributed by atoms with E-state index in [9.17, 15) is 14.7 Å². The molecule has 2 heterocycles. The average Bonchev–Trinajstić information content (AvgIpc) is 3.20. The smallest absolute Gasteiger partial charge is 0.340 e. The number of aromatic hydroxyl groups is 1. The number of amides is 1. The fraction of sp³-hybridized carbons (Fsp3) is 0.182. The summed E-state index contributed by atoms with van der Waals surface area (Å²) in [5, 5.41) is 16.9. The third kappa shape index (κ3) is 4.07. The Balaban J connectivity index is 1.38. The summed E-state index contributed by atoms with van der Waals surface area (Å²) in [6, 6.07) is 14.0. The van der Waals surface area contributed by atoms with Gasteiger partial charge in [0.25, 0.3) is 0 Å². The zero-order chi connectivity index (χ0) is 21.1. The topological polar surface area (TPSA) is 118 Å². The number of fused-ring (bicyclic) bond motifs is 1. The van der Waals surface area contributed by atoms with Gasteiger partial charge in [-0.25, -0.2) is 4.79 Å². The molecule has 0 fully saturated rings. The summed E-state index contributed by atoms with van der Waals surface area (Å²) >= 11 is 0. The summed E-state index contributed by atoms with van der Waals surface area (Å²) in [7, 11) is 0. The summed E-state index contributed by atoms with van der Waals surface area (Å²) in [4.78, 5) is 28.9. The molecule has 0 saturated heterocycles. The van der Waals surface area contributed by atoms with E-state index in [1.807, 2.05) is 30.3 Å². The van der Waals surface area contributed by atoms with Crippen molar-refractivity contribution in [2.45, 2.75) is 19.8 Å². The van der Waals surface area contributed by atoms with Gasteiger partial charge in [-0.3, -0.25) is 4.79 Å². The minimum Gasteiger partial charge on any atom is -0.508 e. The molecule has 0 spiro atoms. The molecule has 2 aromatic heterocycles.